The molecule has 0 fully saturated rings. The van der Waals surface area contributed by atoms with E-state index in [0.29, 0.717) is 11.3 Å². The Labute approximate surface area is 122 Å². The van der Waals surface area contributed by atoms with Crippen molar-refractivity contribution >= 4 is 5.69 Å². The third-order valence-electron chi connectivity index (χ3n) is 2.91. The molecule has 0 amide bonds. The summed E-state index contributed by atoms with van der Waals surface area (Å²) in [6, 6.07) is 12.2. The van der Waals surface area contributed by atoms with Gasteiger partial charge in [0.1, 0.15) is 11.6 Å². The van der Waals surface area contributed by atoms with Crippen LogP contribution >= 0.6 is 0 Å². The molecule has 21 heavy (non-hydrogen) atoms. The Morgan fingerprint density at radius 2 is 1.76 bits per heavy atom. The fourth-order valence-corrected chi connectivity index (χ4v) is 1.78. The molecule has 0 heterocycles. The molecular weight excluding hydrogens is 276 g/mol. The van der Waals surface area contributed by atoms with Crippen molar-refractivity contribution in [3.8, 4) is 0 Å². The quantitative estimate of drug-likeness (QED) is 0.824. The predicted molar refractivity (Wildman–Crippen MR) is 77.0 cm³/mol. The van der Waals surface area contributed by atoms with Crippen LogP contribution < -0.4 is 5.32 Å². The minimum absolute atomic E-state index is 0.0858. The van der Waals surface area contributed by atoms with Crippen LogP contribution in [0.1, 0.15) is 5.56 Å². The number of anilines is 1. The Morgan fingerprint density at radius 1 is 1.05 bits per heavy atom. The Morgan fingerprint density at radius 3 is 2.48 bits per heavy atom. The molecule has 0 aliphatic carbocycles. The molecule has 3 nitrogen and oxygen atoms in total. The number of ether oxygens (including phenoxy) is 1. The lowest BCUT2D eigenvalue weighted by atomic mass is 10.2. The van der Waals surface area contributed by atoms with Crippen LogP contribution in [-0.2, 0) is 11.3 Å². The third-order valence-corrected chi connectivity index (χ3v) is 2.91. The number of benzene rings is 2. The van der Waals surface area contributed by atoms with Gasteiger partial charge in [0.15, 0.2) is 0 Å². The molecule has 112 valence electrons. The summed E-state index contributed by atoms with van der Waals surface area (Å²) >= 11 is 0. The molecule has 0 aliphatic heterocycles. The van der Waals surface area contributed by atoms with Gasteiger partial charge in [-0.3, -0.25) is 0 Å². The summed E-state index contributed by atoms with van der Waals surface area (Å²) in [6.45, 7) is 0.464. The van der Waals surface area contributed by atoms with Crippen LogP contribution in [0.2, 0.25) is 0 Å². The molecule has 5 heteroatoms. The number of aliphatic hydroxyl groups excluding tert-OH is 1. The average Bonchev–Trinajstić information content (AvgIpc) is 2.49. The van der Waals surface area contributed by atoms with Gasteiger partial charge in [0, 0.05) is 17.8 Å². The van der Waals surface area contributed by atoms with E-state index in [1.165, 1.54) is 18.2 Å². The Kier molecular flexibility index (Phi) is 5.66. The van der Waals surface area contributed by atoms with Crippen LogP contribution in [0.4, 0.5) is 14.5 Å². The molecule has 0 aliphatic rings. The lowest BCUT2D eigenvalue weighted by molar-refractivity contribution is 0.0338. The molecule has 0 aromatic heterocycles. The van der Waals surface area contributed by atoms with E-state index in [-0.39, 0.29) is 31.4 Å². The van der Waals surface area contributed by atoms with Crippen LogP contribution in [0, 0.1) is 11.6 Å². The molecule has 1 unspecified atom stereocenters. The molecule has 0 saturated carbocycles. The van der Waals surface area contributed by atoms with Gasteiger partial charge in [-0.15, -0.1) is 0 Å². The first kappa shape index (κ1) is 15.4. The van der Waals surface area contributed by atoms with E-state index >= 15 is 0 Å². The predicted octanol–water partition coefficient (Wildman–Crippen LogP) is 2.95. The van der Waals surface area contributed by atoms with E-state index in [0.717, 1.165) is 0 Å². The van der Waals surface area contributed by atoms with Gasteiger partial charge in [-0.25, -0.2) is 8.78 Å². The Bertz CT molecular complexity index is 560. The van der Waals surface area contributed by atoms with Crippen molar-refractivity contribution in [2.24, 2.45) is 0 Å². The van der Waals surface area contributed by atoms with Crippen molar-refractivity contribution in [3.63, 3.8) is 0 Å². The van der Waals surface area contributed by atoms with Gasteiger partial charge in [-0.05, 0) is 30.3 Å². The number of halogens is 2. The zero-order valence-corrected chi connectivity index (χ0v) is 11.4. The van der Waals surface area contributed by atoms with Gasteiger partial charge >= 0.3 is 0 Å². The number of aliphatic hydroxyl groups is 1. The fourth-order valence-electron chi connectivity index (χ4n) is 1.78. The topological polar surface area (TPSA) is 41.5 Å². The lowest BCUT2D eigenvalue weighted by Gasteiger charge is -2.13. The fraction of sp³-hybridized carbons (Fsp3) is 0.250. The van der Waals surface area contributed by atoms with E-state index in [1.54, 1.807) is 30.3 Å². The van der Waals surface area contributed by atoms with E-state index in [2.05, 4.69) is 5.32 Å². The normalized spacial score (nSPS) is 12.1. The number of rotatable bonds is 7. The Hall–Kier alpha value is -1.98. The number of nitrogens with one attached hydrogen (secondary N) is 1. The van der Waals surface area contributed by atoms with Crippen LogP contribution in [-0.4, -0.2) is 24.4 Å². The average molecular weight is 293 g/mol. The highest BCUT2D eigenvalue weighted by atomic mass is 19.1. The lowest BCUT2D eigenvalue weighted by Crippen LogP contribution is -2.24. The van der Waals surface area contributed by atoms with E-state index in [9.17, 15) is 13.9 Å². The molecule has 2 N–H and O–H groups in total. The van der Waals surface area contributed by atoms with Crippen LogP contribution in [0.25, 0.3) is 0 Å². The van der Waals surface area contributed by atoms with Crippen molar-refractivity contribution in [2.45, 2.75) is 12.7 Å². The highest BCUT2D eigenvalue weighted by Crippen LogP contribution is 2.09. The summed E-state index contributed by atoms with van der Waals surface area (Å²) in [5.74, 6) is -0.634. The van der Waals surface area contributed by atoms with Crippen LogP contribution in [0.3, 0.4) is 0 Å². The number of hydrogen-bond donors (Lipinski definition) is 2. The second-order valence-electron chi connectivity index (χ2n) is 4.65. The zero-order chi connectivity index (χ0) is 15.1. The smallest absolute Gasteiger partial charge is 0.128 e. The Balaban J connectivity index is 1.69. The summed E-state index contributed by atoms with van der Waals surface area (Å²) in [7, 11) is 0. The molecule has 0 spiro atoms. The van der Waals surface area contributed by atoms with Gasteiger partial charge in [0.05, 0.1) is 19.3 Å². The second kappa shape index (κ2) is 7.71. The minimum atomic E-state index is -0.734. The van der Waals surface area contributed by atoms with E-state index < -0.39 is 6.10 Å². The summed E-state index contributed by atoms with van der Waals surface area (Å²) in [5, 5.41) is 12.7. The standard InChI is InChI=1S/C16H17F2NO2/c17-13-5-7-14(8-6-13)19-9-15(20)11-21-10-12-3-1-2-4-16(12)18/h1-8,15,19-20H,9-11H2. The van der Waals surface area contributed by atoms with Gasteiger partial charge in [0.25, 0.3) is 0 Å². The highest BCUT2D eigenvalue weighted by molar-refractivity contribution is 5.42. The SMILES string of the molecule is OC(CNc1ccc(F)cc1)COCc1ccccc1F. The summed E-state index contributed by atoms with van der Waals surface area (Å²) in [6.07, 6.45) is -0.734. The molecule has 2 aromatic carbocycles. The van der Waals surface area contributed by atoms with Crippen molar-refractivity contribution in [1.29, 1.82) is 0 Å². The summed E-state index contributed by atoms with van der Waals surface area (Å²) < 4.78 is 31.3. The monoisotopic (exact) mass is 293 g/mol. The minimum Gasteiger partial charge on any atom is -0.389 e. The van der Waals surface area contributed by atoms with Crippen molar-refractivity contribution in [2.75, 3.05) is 18.5 Å². The van der Waals surface area contributed by atoms with Crippen molar-refractivity contribution < 1.29 is 18.6 Å². The maximum Gasteiger partial charge on any atom is 0.128 e. The zero-order valence-electron chi connectivity index (χ0n) is 11.4. The second-order valence-corrected chi connectivity index (χ2v) is 4.65. The largest absolute Gasteiger partial charge is 0.389 e. The van der Waals surface area contributed by atoms with Gasteiger partial charge in [-0.1, -0.05) is 18.2 Å². The van der Waals surface area contributed by atoms with Crippen molar-refractivity contribution in [1.82, 2.24) is 0 Å². The van der Waals surface area contributed by atoms with Gasteiger partial charge in [-0.2, -0.15) is 0 Å². The first-order valence-electron chi connectivity index (χ1n) is 6.64. The van der Waals surface area contributed by atoms with E-state index in [4.69, 9.17) is 4.74 Å². The molecule has 1 atom stereocenters. The van der Waals surface area contributed by atoms with Gasteiger partial charge < -0.3 is 15.2 Å². The third kappa shape index (κ3) is 5.13. The molecule has 2 rings (SSSR count). The number of hydrogen-bond acceptors (Lipinski definition) is 3. The van der Waals surface area contributed by atoms with Gasteiger partial charge in [0.2, 0.25) is 0 Å². The molecule has 0 bridgehead atoms. The summed E-state index contributed by atoms with van der Waals surface area (Å²) in [4.78, 5) is 0. The maximum atomic E-state index is 13.3. The molecular formula is C16H17F2NO2. The highest BCUT2D eigenvalue weighted by Gasteiger charge is 2.06. The molecule has 0 radical (unpaired) electrons. The summed E-state index contributed by atoms with van der Waals surface area (Å²) in [5.41, 5.74) is 1.17. The van der Waals surface area contributed by atoms with Crippen LogP contribution in [0.15, 0.2) is 48.5 Å². The molecule has 2 aromatic rings. The first-order chi connectivity index (χ1) is 10.1. The van der Waals surface area contributed by atoms with Crippen LogP contribution in [0.5, 0.6) is 0 Å². The first-order valence-corrected chi connectivity index (χ1v) is 6.64. The van der Waals surface area contributed by atoms with Crippen molar-refractivity contribution in [3.05, 3.63) is 65.7 Å². The van der Waals surface area contributed by atoms with E-state index in [1.807, 2.05) is 0 Å². The maximum absolute atomic E-state index is 13.3. The molecule has 0 saturated heterocycles.